The van der Waals surface area contributed by atoms with E-state index in [-0.39, 0.29) is 5.91 Å². The Labute approximate surface area is 110 Å². The van der Waals surface area contributed by atoms with Crippen LogP contribution in [0.25, 0.3) is 0 Å². The Kier molecular flexibility index (Phi) is 4.23. The highest BCUT2D eigenvalue weighted by Gasteiger charge is 2.03. The van der Waals surface area contributed by atoms with Crippen LogP contribution >= 0.6 is 0 Å². The lowest BCUT2D eigenvalue weighted by Crippen LogP contribution is -2.18. The second-order valence-electron chi connectivity index (χ2n) is 3.69. The van der Waals surface area contributed by atoms with Gasteiger partial charge in [-0.15, -0.1) is 0 Å². The van der Waals surface area contributed by atoms with Crippen molar-refractivity contribution in [2.45, 2.75) is 0 Å². The van der Waals surface area contributed by atoms with Crippen LogP contribution in [0.5, 0.6) is 5.75 Å². The van der Waals surface area contributed by atoms with E-state index in [2.05, 4.69) is 15.5 Å². The van der Waals surface area contributed by atoms with E-state index in [0.717, 1.165) is 11.3 Å². The van der Waals surface area contributed by atoms with Crippen LogP contribution in [-0.4, -0.2) is 24.2 Å². The molecule has 0 aliphatic rings. The lowest BCUT2D eigenvalue weighted by Gasteiger charge is -1.99. The minimum absolute atomic E-state index is 0.328. The molecule has 1 amide bonds. The Morgan fingerprint density at radius 1 is 1.26 bits per heavy atom. The second-order valence-corrected chi connectivity index (χ2v) is 3.69. The highest BCUT2D eigenvalue weighted by atomic mass is 16.5. The van der Waals surface area contributed by atoms with Gasteiger partial charge in [-0.05, 0) is 42.0 Å². The van der Waals surface area contributed by atoms with Crippen LogP contribution in [0.3, 0.4) is 0 Å². The average Bonchev–Trinajstić information content (AvgIpc) is 2.49. The Balaban J connectivity index is 1.94. The molecule has 0 atom stereocenters. The van der Waals surface area contributed by atoms with E-state index in [1.807, 2.05) is 24.3 Å². The van der Waals surface area contributed by atoms with Crippen molar-refractivity contribution in [1.82, 2.24) is 10.4 Å². The van der Waals surface area contributed by atoms with E-state index in [4.69, 9.17) is 4.74 Å². The number of carbonyl (C=O) groups is 1. The third-order valence-electron chi connectivity index (χ3n) is 2.39. The molecule has 0 radical (unpaired) electrons. The third kappa shape index (κ3) is 3.64. The van der Waals surface area contributed by atoms with Gasteiger partial charge in [-0.2, -0.15) is 5.10 Å². The number of nitrogens with one attached hydrogen (secondary N) is 1. The van der Waals surface area contributed by atoms with Gasteiger partial charge in [0.05, 0.1) is 13.3 Å². The summed E-state index contributed by atoms with van der Waals surface area (Å²) in [4.78, 5) is 15.6. The van der Waals surface area contributed by atoms with Crippen molar-refractivity contribution in [3.05, 3.63) is 59.9 Å². The Morgan fingerprint density at radius 2 is 2.05 bits per heavy atom. The largest absolute Gasteiger partial charge is 0.497 e. The van der Waals surface area contributed by atoms with Gasteiger partial charge in [-0.25, -0.2) is 5.43 Å². The maximum absolute atomic E-state index is 11.6. The average molecular weight is 255 g/mol. The molecular formula is C14H13N3O2. The van der Waals surface area contributed by atoms with Crippen LogP contribution in [0.15, 0.2) is 53.8 Å². The lowest BCUT2D eigenvalue weighted by molar-refractivity contribution is 0.0950. The van der Waals surface area contributed by atoms with Gasteiger partial charge in [0.1, 0.15) is 11.4 Å². The van der Waals surface area contributed by atoms with Crippen molar-refractivity contribution in [1.29, 1.82) is 0 Å². The number of hydrogen-bond donors (Lipinski definition) is 1. The summed E-state index contributed by atoms with van der Waals surface area (Å²) in [6, 6.07) is 12.4. The van der Waals surface area contributed by atoms with Crippen molar-refractivity contribution in [2.75, 3.05) is 7.11 Å². The van der Waals surface area contributed by atoms with Gasteiger partial charge in [0.15, 0.2) is 0 Å². The SMILES string of the molecule is COc1ccc(/C=N\NC(=O)c2ccccn2)cc1. The number of nitrogens with zero attached hydrogens (tertiary/aromatic N) is 2. The highest BCUT2D eigenvalue weighted by Crippen LogP contribution is 2.09. The first-order valence-corrected chi connectivity index (χ1v) is 5.68. The van der Waals surface area contributed by atoms with Crippen LogP contribution in [0.1, 0.15) is 16.1 Å². The van der Waals surface area contributed by atoms with Crippen molar-refractivity contribution >= 4 is 12.1 Å². The first-order chi connectivity index (χ1) is 9.29. The molecule has 5 nitrogen and oxygen atoms in total. The molecule has 1 aromatic carbocycles. The van der Waals surface area contributed by atoms with Gasteiger partial charge >= 0.3 is 0 Å². The molecule has 1 N–H and O–H groups in total. The minimum Gasteiger partial charge on any atom is -0.497 e. The molecule has 0 saturated heterocycles. The number of aromatic nitrogens is 1. The summed E-state index contributed by atoms with van der Waals surface area (Å²) in [7, 11) is 1.61. The molecule has 1 heterocycles. The van der Waals surface area contributed by atoms with Crippen LogP contribution < -0.4 is 10.2 Å². The number of hydrazone groups is 1. The summed E-state index contributed by atoms with van der Waals surface area (Å²) in [5, 5.41) is 3.87. The van der Waals surface area contributed by atoms with E-state index in [1.165, 1.54) is 0 Å². The molecule has 5 heteroatoms. The monoisotopic (exact) mass is 255 g/mol. The van der Waals surface area contributed by atoms with Crippen molar-refractivity contribution in [3.63, 3.8) is 0 Å². The topological polar surface area (TPSA) is 63.6 Å². The van der Waals surface area contributed by atoms with Crippen molar-refractivity contribution in [3.8, 4) is 5.75 Å². The lowest BCUT2D eigenvalue weighted by atomic mass is 10.2. The summed E-state index contributed by atoms with van der Waals surface area (Å²) < 4.78 is 5.05. The van der Waals surface area contributed by atoms with Crippen molar-refractivity contribution < 1.29 is 9.53 Å². The van der Waals surface area contributed by atoms with Gasteiger partial charge in [0.25, 0.3) is 5.91 Å². The molecule has 0 fully saturated rings. The molecule has 0 saturated carbocycles. The van der Waals surface area contributed by atoms with E-state index in [9.17, 15) is 4.79 Å². The van der Waals surface area contributed by atoms with E-state index in [1.54, 1.807) is 37.7 Å². The maximum Gasteiger partial charge on any atom is 0.289 e. The summed E-state index contributed by atoms with van der Waals surface area (Å²) in [6.07, 6.45) is 3.11. The standard InChI is InChI=1S/C14H13N3O2/c1-19-12-7-5-11(6-8-12)10-16-17-14(18)13-4-2-3-9-15-13/h2-10H,1H3,(H,17,18)/b16-10-. The number of pyridine rings is 1. The number of hydrogen-bond acceptors (Lipinski definition) is 4. The molecule has 2 rings (SSSR count). The molecule has 0 bridgehead atoms. The van der Waals surface area contributed by atoms with Crippen LogP contribution in [0, 0.1) is 0 Å². The molecule has 96 valence electrons. The molecule has 0 unspecified atom stereocenters. The minimum atomic E-state index is -0.342. The van der Waals surface area contributed by atoms with Gasteiger partial charge in [0.2, 0.25) is 0 Å². The predicted molar refractivity (Wildman–Crippen MR) is 72.3 cm³/mol. The van der Waals surface area contributed by atoms with Gasteiger partial charge in [-0.3, -0.25) is 9.78 Å². The summed E-state index contributed by atoms with van der Waals surface area (Å²) >= 11 is 0. The van der Waals surface area contributed by atoms with Gasteiger partial charge in [-0.1, -0.05) is 6.07 Å². The molecule has 19 heavy (non-hydrogen) atoms. The molecule has 0 spiro atoms. The molecule has 1 aromatic heterocycles. The Bertz CT molecular complexity index is 565. The second kappa shape index (κ2) is 6.30. The fourth-order valence-corrected chi connectivity index (χ4v) is 1.41. The predicted octanol–water partition coefficient (Wildman–Crippen LogP) is 1.85. The molecule has 2 aromatic rings. The zero-order valence-corrected chi connectivity index (χ0v) is 10.4. The zero-order valence-electron chi connectivity index (χ0n) is 10.4. The fourth-order valence-electron chi connectivity index (χ4n) is 1.41. The number of rotatable bonds is 4. The first kappa shape index (κ1) is 12.8. The zero-order chi connectivity index (χ0) is 13.5. The third-order valence-corrected chi connectivity index (χ3v) is 2.39. The summed E-state index contributed by atoms with van der Waals surface area (Å²) in [6.45, 7) is 0. The number of ether oxygens (including phenoxy) is 1. The smallest absolute Gasteiger partial charge is 0.289 e. The number of methoxy groups -OCH3 is 1. The van der Waals surface area contributed by atoms with Crippen LogP contribution in [0.4, 0.5) is 0 Å². The van der Waals surface area contributed by atoms with Crippen LogP contribution in [-0.2, 0) is 0 Å². The molecule has 0 aliphatic carbocycles. The number of carbonyl (C=O) groups excluding carboxylic acids is 1. The first-order valence-electron chi connectivity index (χ1n) is 5.68. The fraction of sp³-hybridized carbons (Fsp3) is 0.0714. The van der Waals surface area contributed by atoms with E-state index < -0.39 is 0 Å². The van der Waals surface area contributed by atoms with Crippen molar-refractivity contribution in [2.24, 2.45) is 5.10 Å². The highest BCUT2D eigenvalue weighted by molar-refractivity contribution is 5.93. The Morgan fingerprint density at radius 3 is 2.68 bits per heavy atom. The number of amides is 1. The number of benzene rings is 1. The van der Waals surface area contributed by atoms with E-state index in [0.29, 0.717) is 5.69 Å². The molecular weight excluding hydrogens is 242 g/mol. The Hall–Kier alpha value is -2.69. The normalized spacial score (nSPS) is 10.4. The molecule has 0 aliphatic heterocycles. The van der Waals surface area contributed by atoms with E-state index >= 15 is 0 Å². The summed E-state index contributed by atoms with van der Waals surface area (Å²) in [5.74, 6) is 0.431. The van der Waals surface area contributed by atoms with Gasteiger partial charge in [0, 0.05) is 6.20 Å². The van der Waals surface area contributed by atoms with Crippen LogP contribution in [0.2, 0.25) is 0 Å². The summed E-state index contributed by atoms with van der Waals surface area (Å²) in [5.41, 5.74) is 3.60. The van der Waals surface area contributed by atoms with Gasteiger partial charge < -0.3 is 4.74 Å². The quantitative estimate of drug-likeness (QED) is 0.670. The maximum atomic E-state index is 11.6.